The van der Waals surface area contributed by atoms with Gasteiger partial charge < -0.3 is 19.5 Å². The van der Waals surface area contributed by atoms with Gasteiger partial charge in [-0.1, -0.05) is 12.1 Å². The Balaban J connectivity index is 1.04. The smallest absolute Gasteiger partial charge is 0.310 e. The number of rotatable bonds is 7. The minimum Gasteiger partial charge on any atom is -0.488 e. The molecule has 8 nitrogen and oxygen atoms in total. The molecule has 3 fully saturated rings. The van der Waals surface area contributed by atoms with E-state index < -0.39 is 11.4 Å². The van der Waals surface area contributed by atoms with Crippen molar-refractivity contribution >= 4 is 22.4 Å². The predicted octanol–water partition coefficient (Wildman–Crippen LogP) is 4.54. The lowest BCUT2D eigenvalue weighted by Gasteiger charge is -2.32. The summed E-state index contributed by atoms with van der Waals surface area (Å²) in [6.45, 7) is 7.70. The standard InChI is InChI=1S/C30H34N4O4S/c1-19-3-2-4-24(26-18-39-29(32-26)34-9-7-30(28(35)36)12-22(30)14-34)27(19)38-16-20-11-21-5-8-33(15-25(21)31-13-20)23-6-10-37-17-23/h2-4,11,13,18,22-23H,5-10,12,14-17H2,1H3,(H,35,36)/t22-,23?,30+/m0/s1. The third-order valence-corrected chi connectivity index (χ3v) is 10.0. The molecular formula is C30H34N4O4S. The van der Waals surface area contributed by atoms with Crippen molar-refractivity contribution in [3.05, 3.63) is 58.2 Å². The fraction of sp³-hybridized carbons (Fsp3) is 0.500. The van der Waals surface area contributed by atoms with Gasteiger partial charge in [0.25, 0.3) is 0 Å². The summed E-state index contributed by atoms with van der Waals surface area (Å²) in [4.78, 5) is 26.2. The second-order valence-electron chi connectivity index (χ2n) is 11.5. The molecule has 1 N–H and O–H groups in total. The van der Waals surface area contributed by atoms with Crippen LogP contribution < -0.4 is 9.64 Å². The molecule has 3 aromatic rings. The maximum Gasteiger partial charge on any atom is 0.310 e. The minimum atomic E-state index is -0.635. The molecule has 39 heavy (non-hydrogen) atoms. The zero-order chi connectivity index (χ0) is 26.6. The number of piperidine rings is 1. The first-order chi connectivity index (χ1) is 19.0. The summed E-state index contributed by atoms with van der Waals surface area (Å²) < 4.78 is 12.0. The molecule has 4 aliphatic rings. The highest BCUT2D eigenvalue weighted by Crippen LogP contribution is 2.58. The first kappa shape index (κ1) is 25.0. The lowest BCUT2D eigenvalue weighted by molar-refractivity contribution is -0.144. The van der Waals surface area contributed by atoms with Gasteiger partial charge in [-0.25, -0.2) is 4.98 Å². The van der Waals surface area contributed by atoms with Crippen LogP contribution >= 0.6 is 11.3 Å². The number of thiazole rings is 1. The molecule has 2 saturated heterocycles. The van der Waals surface area contributed by atoms with E-state index >= 15 is 0 Å². The first-order valence-electron chi connectivity index (χ1n) is 14.0. The van der Waals surface area contributed by atoms with Gasteiger partial charge in [-0.15, -0.1) is 11.3 Å². The molecular weight excluding hydrogens is 512 g/mol. The molecule has 0 bridgehead atoms. The van der Waals surface area contributed by atoms with Gasteiger partial charge in [-0.2, -0.15) is 0 Å². The number of carboxylic acids is 1. The van der Waals surface area contributed by atoms with Crippen LogP contribution in [-0.2, 0) is 29.1 Å². The molecule has 1 aromatic carbocycles. The van der Waals surface area contributed by atoms with E-state index in [2.05, 4.69) is 40.3 Å². The molecule has 0 spiro atoms. The molecule has 2 aromatic heterocycles. The number of aliphatic carboxylic acids is 1. The van der Waals surface area contributed by atoms with E-state index in [0.717, 1.165) is 91.9 Å². The van der Waals surface area contributed by atoms with Crippen molar-refractivity contribution in [1.82, 2.24) is 14.9 Å². The molecule has 1 unspecified atom stereocenters. The van der Waals surface area contributed by atoms with Crippen molar-refractivity contribution in [3.63, 3.8) is 0 Å². The van der Waals surface area contributed by atoms with Gasteiger partial charge >= 0.3 is 5.97 Å². The number of hydrogen-bond donors (Lipinski definition) is 1. The average Bonchev–Trinajstić information content (AvgIpc) is 3.26. The Kier molecular flexibility index (Phi) is 6.33. The third kappa shape index (κ3) is 4.60. The highest BCUT2D eigenvalue weighted by molar-refractivity contribution is 7.14. The van der Waals surface area contributed by atoms with Crippen LogP contribution in [0.1, 0.15) is 41.6 Å². The summed E-state index contributed by atoms with van der Waals surface area (Å²) in [5.74, 6) is 0.452. The summed E-state index contributed by atoms with van der Waals surface area (Å²) in [5.41, 5.74) is 6.06. The molecule has 1 aliphatic carbocycles. The molecule has 9 heteroatoms. The van der Waals surface area contributed by atoms with Crippen LogP contribution in [0.2, 0.25) is 0 Å². The lowest BCUT2D eigenvalue weighted by Crippen LogP contribution is -2.40. The monoisotopic (exact) mass is 546 g/mol. The van der Waals surface area contributed by atoms with Crippen molar-refractivity contribution in [2.24, 2.45) is 11.3 Å². The Morgan fingerprint density at radius 2 is 2.26 bits per heavy atom. The Morgan fingerprint density at radius 1 is 1.33 bits per heavy atom. The zero-order valence-corrected chi connectivity index (χ0v) is 23.1. The van der Waals surface area contributed by atoms with E-state index in [4.69, 9.17) is 19.4 Å². The molecule has 7 rings (SSSR count). The molecule has 3 atom stereocenters. The topological polar surface area (TPSA) is 88.0 Å². The number of aryl methyl sites for hydroxylation is 1. The van der Waals surface area contributed by atoms with Crippen LogP contribution in [0.25, 0.3) is 11.3 Å². The second-order valence-corrected chi connectivity index (χ2v) is 12.3. The van der Waals surface area contributed by atoms with E-state index in [1.807, 2.05) is 12.3 Å². The summed E-state index contributed by atoms with van der Waals surface area (Å²) in [7, 11) is 0. The Hall–Kier alpha value is -3.01. The summed E-state index contributed by atoms with van der Waals surface area (Å²) >= 11 is 1.62. The molecule has 204 valence electrons. The number of hydrogen-bond acceptors (Lipinski definition) is 8. The molecule has 5 heterocycles. The number of nitrogens with zero attached hydrogens (tertiary/aromatic N) is 4. The average molecular weight is 547 g/mol. The number of aromatic nitrogens is 2. The van der Waals surface area contributed by atoms with Crippen molar-refractivity contribution in [2.45, 2.75) is 51.8 Å². The van der Waals surface area contributed by atoms with Crippen molar-refractivity contribution in [1.29, 1.82) is 0 Å². The van der Waals surface area contributed by atoms with Gasteiger partial charge in [0, 0.05) is 61.5 Å². The van der Waals surface area contributed by atoms with Crippen LogP contribution in [0.3, 0.4) is 0 Å². The molecule has 1 saturated carbocycles. The minimum absolute atomic E-state index is 0.235. The number of fused-ring (bicyclic) bond motifs is 2. The Morgan fingerprint density at radius 3 is 3.08 bits per heavy atom. The van der Waals surface area contributed by atoms with Crippen LogP contribution in [-0.4, -0.2) is 64.8 Å². The van der Waals surface area contributed by atoms with Crippen LogP contribution in [0.5, 0.6) is 5.75 Å². The largest absolute Gasteiger partial charge is 0.488 e. The second kappa shape index (κ2) is 9.87. The number of carboxylic acid groups (broad SMARTS) is 1. The van der Waals surface area contributed by atoms with Gasteiger partial charge in [-0.05, 0) is 61.8 Å². The van der Waals surface area contributed by atoms with Crippen molar-refractivity contribution in [3.8, 4) is 17.0 Å². The molecule has 3 aliphatic heterocycles. The van der Waals surface area contributed by atoms with E-state index in [1.54, 1.807) is 11.3 Å². The molecule has 0 radical (unpaired) electrons. The predicted molar refractivity (Wildman–Crippen MR) is 149 cm³/mol. The highest BCUT2D eigenvalue weighted by atomic mass is 32.1. The lowest BCUT2D eigenvalue weighted by atomic mass is 9.96. The summed E-state index contributed by atoms with van der Waals surface area (Å²) in [5, 5.41) is 12.6. The normalized spacial score (nSPS) is 26.2. The van der Waals surface area contributed by atoms with Gasteiger partial charge in [0.1, 0.15) is 12.4 Å². The van der Waals surface area contributed by atoms with E-state index in [1.165, 1.54) is 11.3 Å². The number of anilines is 1. The number of carbonyl (C=O) groups is 1. The Bertz CT molecular complexity index is 1400. The number of pyridine rings is 1. The van der Waals surface area contributed by atoms with Gasteiger partial charge in [-0.3, -0.25) is 14.7 Å². The van der Waals surface area contributed by atoms with E-state index in [0.29, 0.717) is 19.1 Å². The summed E-state index contributed by atoms with van der Waals surface area (Å²) in [6.07, 6.45) is 5.57. The Labute approximate surface area is 232 Å². The maximum absolute atomic E-state index is 11.7. The van der Waals surface area contributed by atoms with Crippen LogP contribution in [0.15, 0.2) is 35.8 Å². The van der Waals surface area contributed by atoms with Crippen LogP contribution in [0, 0.1) is 18.3 Å². The maximum atomic E-state index is 11.7. The zero-order valence-electron chi connectivity index (χ0n) is 22.3. The number of benzene rings is 1. The van der Waals surface area contributed by atoms with Crippen LogP contribution in [0.4, 0.5) is 5.13 Å². The molecule has 0 amide bonds. The fourth-order valence-corrected chi connectivity index (χ4v) is 7.44. The van der Waals surface area contributed by atoms with Gasteiger partial charge in [0.15, 0.2) is 5.13 Å². The van der Waals surface area contributed by atoms with E-state index in [-0.39, 0.29) is 5.92 Å². The van der Waals surface area contributed by atoms with Crippen molar-refractivity contribution < 1.29 is 19.4 Å². The summed E-state index contributed by atoms with van der Waals surface area (Å²) in [6, 6.07) is 8.97. The fourth-order valence-electron chi connectivity index (χ4n) is 6.58. The quantitative estimate of drug-likeness (QED) is 0.462. The first-order valence-corrected chi connectivity index (χ1v) is 14.8. The van der Waals surface area contributed by atoms with Gasteiger partial charge in [0.2, 0.25) is 0 Å². The van der Waals surface area contributed by atoms with Gasteiger partial charge in [0.05, 0.1) is 23.4 Å². The highest BCUT2D eigenvalue weighted by Gasteiger charge is 2.62. The van der Waals surface area contributed by atoms with E-state index in [9.17, 15) is 9.90 Å². The number of ether oxygens (including phenoxy) is 2. The SMILES string of the molecule is Cc1cccc(-c2csc(N3CC[C@@]4(C(=O)O)C[C@H]4C3)n2)c1OCc1cnc2c(c1)CCN(C1CCOC1)C2. The van der Waals surface area contributed by atoms with Crippen molar-refractivity contribution in [2.75, 3.05) is 37.7 Å². The number of para-hydroxylation sites is 1. The third-order valence-electron chi connectivity index (χ3n) is 9.12.